The Morgan fingerprint density at radius 2 is 1.93 bits per heavy atom. The molecule has 3 aromatic rings. The van der Waals surface area contributed by atoms with Crippen molar-refractivity contribution in [3.63, 3.8) is 0 Å². The lowest BCUT2D eigenvalue weighted by atomic mass is 10.0. The Hall–Kier alpha value is -2.28. The first-order valence-corrected chi connectivity index (χ1v) is 11.4. The van der Waals surface area contributed by atoms with E-state index >= 15 is 0 Å². The molecule has 2 heterocycles. The number of ether oxygens (including phenoxy) is 1. The number of anilines is 1. The standard InChI is InChI=1S/C24H29N3O2S/c1-17-8-9-18(2)20(16-17)23(28)27(11-5-10-26-12-14-29-15-13-26)24-25-22-19(3)6-4-7-21(22)30-24/h4,6-9,16H,5,10-15H2,1-3H3. The fourth-order valence-corrected chi connectivity index (χ4v) is 4.93. The Morgan fingerprint density at radius 3 is 2.70 bits per heavy atom. The largest absolute Gasteiger partial charge is 0.379 e. The molecule has 4 rings (SSSR count). The van der Waals surface area contributed by atoms with Crippen molar-refractivity contribution in [3.05, 3.63) is 58.7 Å². The summed E-state index contributed by atoms with van der Waals surface area (Å²) in [5, 5.41) is 0.784. The second-order valence-corrected chi connectivity index (χ2v) is 9.01. The summed E-state index contributed by atoms with van der Waals surface area (Å²) < 4.78 is 6.57. The molecule has 0 saturated carbocycles. The second-order valence-electron chi connectivity index (χ2n) is 8.00. The zero-order chi connectivity index (χ0) is 21.1. The van der Waals surface area contributed by atoms with E-state index in [2.05, 4.69) is 36.1 Å². The third kappa shape index (κ3) is 4.56. The van der Waals surface area contributed by atoms with Gasteiger partial charge in [0.05, 0.1) is 23.4 Å². The number of fused-ring (bicyclic) bond motifs is 1. The van der Waals surface area contributed by atoms with Gasteiger partial charge in [-0.2, -0.15) is 0 Å². The van der Waals surface area contributed by atoms with Crippen molar-refractivity contribution in [1.29, 1.82) is 0 Å². The first kappa shape index (κ1) is 21.0. The normalized spacial score (nSPS) is 14.9. The molecule has 1 amide bonds. The van der Waals surface area contributed by atoms with E-state index in [1.54, 1.807) is 11.3 Å². The predicted octanol–water partition coefficient (Wildman–Crippen LogP) is 4.59. The average molecular weight is 424 g/mol. The van der Waals surface area contributed by atoms with E-state index in [0.717, 1.165) is 76.9 Å². The molecule has 5 nitrogen and oxygen atoms in total. The third-order valence-corrected chi connectivity index (χ3v) is 6.71. The molecule has 0 aliphatic carbocycles. The molecular formula is C24H29N3O2S. The number of hydrogen-bond donors (Lipinski definition) is 0. The van der Waals surface area contributed by atoms with E-state index in [0.29, 0.717) is 6.54 Å². The Bertz CT molecular complexity index is 1040. The number of aryl methyl sites for hydroxylation is 3. The summed E-state index contributed by atoms with van der Waals surface area (Å²) in [6.45, 7) is 11.2. The molecule has 2 aromatic carbocycles. The van der Waals surface area contributed by atoms with Crippen LogP contribution in [0.4, 0.5) is 5.13 Å². The molecule has 1 aliphatic rings. The number of carbonyl (C=O) groups is 1. The fourth-order valence-electron chi connectivity index (χ4n) is 3.86. The quantitative estimate of drug-likeness (QED) is 0.582. The van der Waals surface area contributed by atoms with Gasteiger partial charge in [0.1, 0.15) is 0 Å². The minimum atomic E-state index is 0.0369. The van der Waals surface area contributed by atoms with Gasteiger partial charge in [0.15, 0.2) is 5.13 Å². The lowest BCUT2D eigenvalue weighted by Crippen LogP contribution is -2.39. The fraction of sp³-hybridized carbons (Fsp3) is 0.417. The van der Waals surface area contributed by atoms with E-state index in [-0.39, 0.29) is 5.91 Å². The number of amides is 1. The maximum atomic E-state index is 13.6. The van der Waals surface area contributed by atoms with Gasteiger partial charge >= 0.3 is 0 Å². The van der Waals surface area contributed by atoms with Gasteiger partial charge in [0, 0.05) is 31.7 Å². The monoisotopic (exact) mass is 423 g/mol. The topological polar surface area (TPSA) is 45.7 Å². The molecule has 6 heteroatoms. The number of thiazole rings is 1. The van der Waals surface area contributed by atoms with Crippen molar-refractivity contribution in [2.45, 2.75) is 27.2 Å². The molecule has 1 aliphatic heterocycles. The SMILES string of the molecule is Cc1ccc(C)c(C(=O)N(CCCN2CCOCC2)c2nc3c(C)cccc3s2)c1. The van der Waals surface area contributed by atoms with Crippen LogP contribution in [0.2, 0.25) is 0 Å². The lowest BCUT2D eigenvalue weighted by Gasteiger charge is -2.28. The van der Waals surface area contributed by atoms with Crippen LogP contribution in [-0.2, 0) is 4.74 Å². The van der Waals surface area contributed by atoms with E-state index in [4.69, 9.17) is 9.72 Å². The lowest BCUT2D eigenvalue weighted by molar-refractivity contribution is 0.0376. The van der Waals surface area contributed by atoms with Crippen LogP contribution in [0.25, 0.3) is 10.2 Å². The molecule has 0 atom stereocenters. The molecule has 158 valence electrons. The summed E-state index contributed by atoms with van der Waals surface area (Å²) in [5.41, 5.74) is 4.99. The molecular weight excluding hydrogens is 394 g/mol. The highest BCUT2D eigenvalue weighted by Crippen LogP contribution is 2.32. The summed E-state index contributed by atoms with van der Waals surface area (Å²) in [7, 11) is 0. The smallest absolute Gasteiger partial charge is 0.260 e. The minimum Gasteiger partial charge on any atom is -0.379 e. The molecule has 0 spiro atoms. The number of para-hydroxylation sites is 1. The molecule has 0 N–H and O–H groups in total. The Morgan fingerprint density at radius 1 is 1.13 bits per heavy atom. The molecule has 1 saturated heterocycles. The predicted molar refractivity (Wildman–Crippen MR) is 124 cm³/mol. The zero-order valence-electron chi connectivity index (χ0n) is 18.0. The van der Waals surface area contributed by atoms with Crippen molar-refractivity contribution < 1.29 is 9.53 Å². The van der Waals surface area contributed by atoms with Crippen LogP contribution in [0.5, 0.6) is 0 Å². The van der Waals surface area contributed by atoms with Crippen LogP contribution in [0.1, 0.15) is 33.5 Å². The average Bonchev–Trinajstić information content (AvgIpc) is 3.18. The van der Waals surface area contributed by atoms with Crippen molar-refractivity contribution in [1.82, 2.24) is 9.88 Å². The number of carbonyl (C=O) groups excluding carboxylic acids is 1. The highest BCUT2D eigenvalue weighted by atomic mass is 32.1. The van der Waals surface area contributed by atoms with E-state index < -0.39 is 0 Å². The van der Waals surface area contributed by atoms with Crippen molar-refractivity contribution in [2.24, 2.45) is 0 Å². The van der Waals surface area contributed by atoms with Gasteiger partial charge in [0.2, 0.25) is 0 Å². The van der Waals surface area contributed by atoms with Crippen LogP contribution in [0, 0.1) is 20.8 Å². The molecule has 0 bridgehead atoms. The highest BCUT2D eigenvalue weighted by Gasteiger charge is 2.23. The van der Waals surface area contributed by atoms with Crippen molar-refractivity contribution in [2.75, 3.05) is 44.3 Å². The highest BCUT2D eigenvalue weighted by molar-refractivity contribution is 7.22. The van der Waals surface area contributed by atoms with Crippen LogP contribution < -0.4 is 4.90 Å². The first-order chi connectivity index (χ1) is 14.5. The molecule has 30 heavy (non-hydrogen) atoms. The first-order valence-electron chi connectivity index (χ1n) is 10.6. The van der Waals surface area contributed by atoms with Gasteiger partial charge in [-0.3, -0.25) is 14.6 Å². The molecule has 1 fully saturated rings. The van der Waals surface area contributed by atoms with Crippen molar-refractivity contribution in [3.8, 4) is 0 Å². The number of nitrogens with zero attached hydrogens (tertiary/aromatic N) is 3. The summed E-state index contributed by atoms with van der Waals surface area (Å²) in [6, 6.07) is 12.3. The van der Waals surface area contributed by atoms with Crippen LogP contribution in [0.15, 0.2) is 36.4 Å². The van der Waals surface area contributed by atoms with Gasteiger partial charge < -0.3 is 4.74 Å². The summed E-state index contributed by atoms with van der Waals surface area (Å²) in [4.78, 5) is 22.8. The number of aromatic nitrogens is 1. The van der Waals surface area contributed by atoms with E-state index in [9.17, 15) is 4.79 Å². The van der Waals surface area contributed by atoms with Gasteiger partial charge in [-0.15, -0.1) is 0 Å². The Balaban J connectivity index is 1.62. The number of hydrogen-bond acceptors (Lipinski definition) is 5. The van der Waals surface area contributed by atoms with Gasteiger partial charge in [0.25, 0.3) is 5.91 Å². The van der Waals surface area contributed by atoms with Gasteiger partial charge in [-0.25, -0.2) is 4.98 Å². The second kappa shape index (κ2) is 9.25. The van der Waals surface area contributed by atoms with Gasteiger partial charge in [-0.1, -0.05) is 41.2 Å². The van der Waals surface area contributed by atoms with Crippen LogP contribution in [0.3, 0.4) is 0 Å². The van der Waals surface area contributed by atoms with E-state index in [1.165, 1.54) is 0 Å². The van der Waals surface area contributed by atoms with E-state index in [1.807, 2.05) is 30.9 Å². The van der Waals surface area contributed by atoms with Crippen molar-refractivity contribution >= 4 is 32.6 Å². The molecule has 0 unspecified atom stereocenters. The number of rotatable bonds is 6. The molecule has 1 aromatic heterocycles. The minimum absolute atomic E-state index is 0.0369. The number of morpholine rings is 1. The Kier molecular flexibility index (Phi) is 6.46. The molecule has 0 radical (unpaired) electrons. The summed E-state index contributed by atoms with van der Waals surface area (Å²) in [6.07, 6.45) is 0.908. The number of benzene rings is 2. The maximum Gasteiger partial charge on any atom is 0.260 e. The summed E-state index contributed by atoms with van der Waals surface area (Å²) in [5.74, 6) is 0.0369. The zero-order valence-corrected chi connectivity index (χ0v) is 18.8. The Labute approximate surface area is 182 Å². The third-order valence-electron chi connectivity index (χ3n) is 5.67. The van der Waals surface area contributed by atoms with Gasteiger partial charge in [-0.05, 0) is 50.5 Å². The maximum absolute atomic E-state index is 13.6. The van der Waals surface area contributed by atoms with Crippen LogP contribution >= 0.6 is 11.3 Å². The summed E-state index contributed by atoms with van der Waals surface area (Å²) >= 11 is 1.60. The van der Waals surface area contributed by atoms with Crippen LogP contribution in [-0.4, -0.2) is 55.2 Å².